The number of imidazole rings is 1. The topological polar surface area (TPSA) is 109 Å². The van der Waals surface area contributed by atoms with Gasteiger partial charge in [-0.05, 0) is 18.6 Å². The van der Waals surface area contributed by atoms with E-state index in [1.54, 1.807) is 24.5 Å². The fourth-order valence-corrected chi connectivity index (χ4v) is 1.72. The van der Waals surface area contributed by atoms with Gasteiger partial charge in [0, 0.05) is 24.2 Å². The van der Waals surface area contributed by atoms with Gasteiger partial charge in [0.2, 0.25) is 0 Å². The second-order valence-corrected chi connectivity index (χ2v) is 3.98. The maximum absolute atomic E-state index is 12.1. The Morgan fingerprint density at radius 1 is 1.47 bits per heavy atom. The van der Waals surface area contributed by atoms with Gasteiger partial charge in [-0.15, -0.1) is 0 Å². The molecule has 1 atom stereocenters. The van der Waals surface area contributed by atoms with Crippen molar-refractivity contribution in [2.75, 3.05) is 5.43 Å². The summed E-state index contributed by atoms with van der Waals surface area (Å²) in [5, 5.41) is 2.91. The van der Waals surface area contributed by atoms with Gasteiger partial charge < -0.3 is 15.7 Å². The Morgan fingerprint density at radius 2 is 2.32 bits per heavy atom. The fourth-order valence-electron chi connectivity index (χ4n) is 1.72. The Bertz CT molecular complexity index is 539. The van der Waals surface area contributed by atoms with Crippen LogP contribution in [0.1, 0.15) is 35.6 Å². The largest absolute Gasteiger partial charge is 0.347 e. The number of carbonyl (C=O) groups is 1. The number of H-pyrrole nitrogens is 1. The van der Waals surface area contributed by atoms with E-state index in [0.717, 1.165) is 12.2 Å². The van der Waals surface area contributed by atoms with Crippen LogP contribution in [-0.2, 0) is 0 Å². The molecule has 2 rings (SSSR count). The first-order valence-electron chi connectivity index (χ1n) is 5.97. The molecule has 0 aliphatic carbocycles. The van der Waals surface area contributed by atoms with Crippen molar-refractivity contribution in [3.8, 4) is 0 Å². The van der Waals surface area contributed by atoms with E-state index in [-0.39, 0.29) is 11.9 Å². The average molecular weight is 260 g/mol. The van der Waals surface area contributed by atoms with Gasteiger partial charge in [0.1, 0.15) is 11.6 Å². The first-order valence-corrected chi connectivity index (χ1v) is 5.97. The zero-order chi connectivity index (χ0) is 13.7. The van der Waals surface area contributed by atoms with E-state index in [1.165, 1.54) is 6.20 Å². The van der Waals surface area contributed by atoms with Crippen LogP contribution in [-0.4, -0.2) is 20.9 Å². The Kier molecular flexibility index (Phi) is 4.09. The van der Waals surface area contributed by atoms with Crippen LogP contribution >= 0.6 is 0 Å². The van der Waals surface area contributed by atoms with E-state index in [1.807, 2.05) is 6.92 Å². The molecule has 1 amide bonds. The minimum atomic E-state index is -0.192. The third-order valence-corrected chi connectivity index (χ3v) is 2.73. The molecule has 0 bridgehead atoms. The summed E-state index contributed by atoms with van der Waals surface area (Å²) in [5.41, 5.74) is 2.90. The van der Waals surface area contributed by atoms with Crippen LogP contribution in [0.2, 0.25) is 0 Å². The summed E-state index contributed by atoms with van der Waals surface area (Å²) in [7, 11) is 0. The van der Waals surface area contributed by atoms with Crippen LogP contribution in [0.25, 0.3) is 0 Å². The molecule has 7 heteroatoms. The van der Waals surface area contributed by atoms with Gasteiger partial charge in [-0.3, -0.25) is 4.79 Å². The third-order valence-electron chi connectivity index (χ3n) is 2.73. The van der Waals surface area contributed by atoms with Crippen molar-refractivity contribution in [2.24, 2.45) is 5.84 Å². The third kappa shape index (κ3) is 3.08. The van der Waals surface area contributed by atoms with Crippen molar-refractivity contribution >= 4 is 11.7 Å². The van der Waals surface area contributed by atoms with Crippen LogP contribution in [0.5, 0.6) is 0 Å². The van der Waals surface area contributed by atoms with Gasteiger partial charge in [-0.2, -0.15) is 0 Å². The number of hydrogen-bond donors (Lipinski definition) is 4. The van der Waals surface area contributed by atoms with Crippen molar-refractivity contribution in [1.82, 2.24) is 20.3 Å². The number of pyridine rings is 1. The second kappa shape index (κ2) is 5.96. The van der Waals surface area contributed by atoms with E-state index in [0.29, 0.717) is 11.4 Å². The highest BCUT2D eigenvalue weighted by Gasteiger charge is 2.16. The highest BCUT2D eigenvalue weighted by molar-refractivity contribution is 5.94. The zero-order valence-corrected chi connectivity index (χ0v) is 10.6. The Labute approximate surface area is 110 Å². The average Bonchev–Trinajstić information content (AvgIpc) is 2.98. The zero-order valence-electron chi connectivity index (χ0n) is 10.6. The minimum Gasteiger partial charge on any atom is -0.347 e. The lowest BCUT2D eigenvalue weighted by atomic mass is 10.2. The number of amides is 1. The maximum atomic E-state index is 12.1. The van der Waals surface area contributed by atoms with Gasteiger partial charge in [0.25, 0.3) is 5.91 Å². The molecule has 2 aromatic rings. The molecule has 2 heterocycles. The van der Waals surface area contributed by atoms with Crippen molar-refractivity contribution in [3.63, 3.8) is 0 Å². The van der Waals surface area contributed by atoms with Gasteiger partial charge in [-0.1, -0.05) is 6.92 Å². The molecule has 0 radical (unpaired) electrons. The first-order chi connectivity index (χ1) is 9.24. The van der Waals surface area contributed by atoms with Crippen LogP contribution in [0.4, 0.5) is 5.82 Å². The molecule has 0 aromatic carbocycles. The van der Waals surface area contributed by atoms with Crippen LogP contribution in [0.3, 0.4) is 0 Å². The van der Waals surface area contributed by atoms with Crippen LogP contribution < -0.4 is 16.6 Å². The highest BCUT2D eigenvalue weighted by Crippen LogP contribution is 2.13. The molecule has 0 aliphatic heterocycles. The number of nitrogen functional groups attached to an aromatic ring is 1. The van der Waals surface area contributed by atoms with E-state index in [4.69, 9.17) is 5.84 Å². The predicted molar refractivity (Wildman–Crippen MR) is 71.1 cm³/mol. The molecule has 7 nitrogen and oxygen atoms in total. The van der Waals surface area contributed by atoms with Gasteiger partial charge >= 0.3 is 0 Å². The summed E-state index contributed by atoms with van der Waals surface area (Å²) in [5.74, 6) is 6.25. The normalized spacial score (nSPS) is 11.9. The van der Waals surface area contributed by atoms with Gasteiger partial charge in [-0.25, -0.2) is 15.8 Å². The monoisotopic (exact) mass is 260 g/mol. The molecule has 5 N–H and O–H groups in total. The number of rotatable bonds is 5. The SMILES string of the molecule is CCC(NC(=O)c1ccnc(NN)c1)c1ncc[nH]1. The van der Waals surface area contributed by atoms with E-state index >= 15 is 0 Å². The number of nitrogens with one attached hydrogen (secondary N) is 3. The van der Waals surface area contributed by atoms with Crippen LogP contribution in [0.15, 0.2) is 30.7 Å². The number of hydrogen-bond acceptors (Lipinski definition) is 5. The molecular weight excluding hydrogens is 244 g/mol. The Balaban J connectivity index is 2.11. The number of anilines is 1. The molecule has 19 heavy (non-hydrogen) atoms. The summed E-state index contributed by atoms with van der Waals surface area (Å²) >= 11 is 0. The summed E-state index contributed by atoms with van der Waals surface area (Å²) in [6.45, 7) is 1.98. The molecular formula is C12H16N6O. The quantitative estimate of drug-likeness (QED) is 0.473. The fraction of sp³-hybridized carbons (Fsp3) is 0.250. The highest BCUT2D eigenvalue weighted by atomic mass is 16.1. The Morgan fingerprint density at radius 3 is 2.95 bits per heavy atom. The lowest BCUT2D eigenvalue weighted by molar-refractivity contribution is 0.0934. The minimum absolute atomic E-state index is 0.148. The van der Waals surface area contributed by atoms with Crippen LogP contribution in [0, 0.1) is 0 Å². The number of hydrazine groups is 1. The predicted octanol–water partition coefficient (Wildman–Crippen LogP) is 0.971. The van der Waals surface area contributed by atoms with Gasteiger partial charge in [0.15, 0.2) is 0 Å². The number of aromatic nitrogens is 3. The first kappa shape index (κ1) is 13.0. The number of aromatic amines is 1. The Hall–Kier alpha value is -2.41. The lowest BCUT2D eigenvalue weighted by Crippen LogP contribution is -2.29. The number of nitrogens with two attached hydrogens (primary N) is 1. The molecule has 0 aliphatic rings. The number of carbonyl (C=O) groups excluding carboxylic acids is 1. The summed E-state index contributed by atoms with van der Waals surface area (Å²) in [6, 6.07) is 3.07. The van der Waals surface area contributed by atoms with Gasteiger partial charge in [0.05, 0.1) is 6.04 Å². The molecule has 2 aromatic heterocycles. The second-order valence-electron chi connectivity index (χ2n) is 3.98. The standard InChI is InChI=1S/C12H16N6O/c1-2-9(11-15-5-6-16-11)17-12(19)8-3-4-14-10(7-8)18-13/h3-7,9H,2,13H2,1H3,(H,14,18)(H,15,16)(H,17,19). The molecule has 0 fully saturated rings. The van der Waals surface area contributed by atoms with E-state index < -0.39 is 0 Å². The van der Waals surface area contributed by atoms with E-state index in [2.05, 4.69) is 25.7 Å². The smallest absolute Gasteiger partial charge is 0.252 e. The van der Waals surface area contributed by atoms with Crippen molar-refractivity contribution in [3.05, 3.63) is 42.1 Å². The molecule has 100 valence electrons. The molecule has 0 spiro atoms. The van der Waals surface area contributed by atoms with Crippen molar-refractivity contribution in [2.45, 2.75) is 19.4 Å². The number of nitrogens with zero attached hydrogens (tertiary/aromatic N) is 2. The summed E-state index contributed by atoms with van der Waals surface area (Å²) in [6.07, 6.45) is 5.66. The molecule has 0 saturated carbocycles. The molecule has 0 saturated heterocycles. The summed E-state index contributed by atoms with van der Waals surface area (Å²) < 4.78 is 0. The molecule has 1 unspecified atom stereocenters. The van der Waals surface area contributed by atoms with Crippen molar-refractivity contribution in [1.29, 1.82) is 0 Å². The summed E-state index contributed by atoms with van der Waals surface area (Å²) in [4.78, 5) is 23.2. The lowest BCUT2D eigenvalue weighted by Gasteiger charge is -2.14. The van der Waals surface area contributed by atoms with E-state index in [9.17, 15) is 4.79 Å². The van der Waals surface area contributed by atoms with Crippen molar-refractivity contribution < 1.29 is 4.79 Å². The maximum Gasteiger partial charge on any atom is 0.252 e.